The first-order valence-corrected chi connectivity index (χ1v) is 11.0. The zero-order valence-corrected chi connectivity index (χ0v) is 17.7. The van der Waals surface area contributed by atoms with Crippen LogP contribution in [0, 0.1) is 10.8 Å². The van der Waals surface area contributed by atoms with E-state index >= 15 is 0 Å². The van der Waals surface area contributed by atoms with Gasteiger partial charge in [0.25, 0.3) is 0 Å². The molecule has 3 unspecified atom stereocenters. The topological polar surface area (TPSA) is 52.8 Å². The van der Waals surface area contributed by atoms with Gasteiger partial charge < -0.3 is 23.7 Å². The Labute approximate surface area is 165 Å². The van der Waals surface area contributed by atoms with Gasteiger partial charge in [-0.1, -0.05) is 40.0 Å². The summed E-state index contributed by atoms with van der Waals surface area (Å²) >= 11 is 0. The van der Waals surface area contributed by atoms with E-state index in [-0.39, 0.29) is 12.2 Å². The van der Waals surface area contributed by atoms with E-state index in [1.165, 1.54) is 44.9 Å². The Morgan fingerprint density at radius 1 is 0.852 bits per heavy atom. The van der Waals surface area contributed by atoms with Crippen molar-refractivity contribution in [1.82, 2.24) is 0 Å². The Kier molecular flexibility index (Phi) is 7.98. The lowest BCUT2D eigenvalue weighted by Gasteiger charge is -2.37. The summed E-state index contributed by atoms with van der Waals surface area (Å²) in [5.74, 6) is 0. The van der Waals surface area contributed by atoms with Crippen molar-refractivity contribution in [1.29, 1.82) is 0 Å². The molecule has 5 nitrogen and oxygen atoms in total. The molecule has 1 saturated carbocycles. The zero-order chi connectivity index (χ0) is 19.2. The Bertz CT molecular complexity index is 422. The minimum absolute atomic E-state index is 0.0199. The first-order chi connectivity index (χ1) is 13.0. The number of hydrogen-bond acceptors (Lipinski definition) is 5. The van der Waals surface area contributed by atoms with Crippen molar-refractivity contribution in [2.24, 2.45) is 10.8 Å². The molecule has 27 heavy (non-hydrogen) atoms. The Morgan fingerprint density at radius 2 is 1.41 bits per heavy atom. The maximum absolute atomic E-state index is 6.16. The van der Waals surface area contributed by atoms with Gasteiger partial charge in [-0.15, -0.1) is 0 Å². The molecule has 0 aromatic carbocycles. The van der Waals surface area contributed by atoms with Crippen molar-refractivity contribution >= 4 is 0 Å². The van der Waals surface area contributed by atoms with Gasteiger partial charge in [0.1, 0.15) is 18.3 Å². The predicted octanol–water partition coefficient (Wildman–Crippen LogP) is 3.98. The van der Waals surface area contributed by atoms with E-state index in [0.717, 1.165) is 19.8 Å². The summed E-state index contributed by atoms with van der Waals surface area (Å²) in [6.45, 7) is 12.1. The fourth-order valence-corrected chi connectivity index (χ4v) is 4.12. The summed E-state index contributed by atoms with van der Waals surface area (Å²) in [4.78, 5) is 0. The third kappa shape index (κ3) is 7.98. The third-order valence-corrected chi connectivity index (χ3v) is 6.66. The lowest BCUT2D eigenvalue weighted by molar-refractivity contribution is -0.0788. The van der Waals surface area contributed by atoms with Gasteiger partial charge in [0.05, 0.1) is 46.2 Å². The first-order valence-electron chi connectivity index (χ1n) is 11.0. The Hall–Kier alpha value is -0.200. The van der Waals surface area contributed by atoms with Crippen LogP contribution in [0.3, 0.4) is 0 Å². The minimum Gasteiger partial charge on any atom is -0.378 e. The number of hydrogen-bond donors (Lipinski definition) is 0. The highest BCUT2D eigenvalue weighted by atomic mass is 16.6. The Morgan fingerprint density at radius 3 is 2.00 bits per heavy atom. The quantitative estimate of drug-likeness (QED) is 0.476. The summed E-state index contributed by atoms with van der Waals surface area (Å²) in [5.41, 5.74) is 0.844. The van der Waals surface area contributed by atoms with Crippen molar-refractivity contribution < 1.29 is 23.7 Å². The average molecular weight is 385 g/mol. The van der Waals surface area contributed by atoms with Crippen molar-refractivity contribution in [3.8, 4) is 0 Å². The van der Waals surface area contributed by atoms with Crippen LogP contribution in [0.25, 0.3) is 0 Å². The highest BCUT2D eigenvalue weighted by Crippen LogP contribution is 2.42. The molecule has 0 radical (unpaired) electrons. The van der Waals surface area contributed by atoms with Crippen LogP contribution in [0.4, 0.5) is 0 Å². The zero-order valence-electron chi connectivity index (χ0n) is 17.7. The van der Waals surface area contributed by atoms with Crippen LogP contribution in [0.5, 0.6) is 0 Å². The summed E-state index contributed by atoms with van der Waals surface area (Å²) in [7, 11) is 0. The molecule has 2 heterocycles. The van der Waals surface area contributed by atoms with Crippen LogP contribution in [-0.2, 0) is 23.7 Å². The first kappa shape index (κ1) is 21.5. The summed E-state index contributed by atoms with van der Waals surface area (Å²) < 4.78 is 28.3. The van der Waals surface area contributed by atoms with Gasteiger partial charge >= 0.3 is 0 Å². The number of rotatable bonds is 12. The molecular formula is C22H40O5. The lowest BCUT2D eigenvalue weighted by Crippen LogP contribution is -2.32. The number of ether oxygens (including phenoxy) is 5. The Balaban J connectivity index is 1.37. The molecule has 3 atom stereocenters. The van der Waals surface area contributed by atoms with Crippen LogP contribution in [0.1, 0.15) is 65.7 Å². The SMILES string of the molecule is CCC1(C)CCCC(C)(COCC(COCC2CO2)OCC2CO2)CCC1. The van der Waals surface area contributed by atoms with Gasteiger partial charge in [0.15, 0.2) is 0 Å². The van der Waals surface area contributed by atoms with Crippen LogP contribution in [-0.4, -0.2) is 64.6 Å². The fourth-order valence-electron chi connectivity index (χ4n) is 4.12. The van der Waals surface area contributed by atoms with Crippen LogP contribution >= 0.6 is 0 Å². The summed E-state index contributed by atoms with van der Waals surface area (Å²) in [6, 6.07) is 0. The van der Waals surface area contributed by atoms with Crippen molar-refractivity contribution in [2.45, 2.75) is 84.0 Å². The van der Waals surface area contributed by atoms with E-state index in [2.05, 4.69) is 20.8 Å². The van der Waals surface area contributed by atoms with Gasteiger partial charge in [-0.05, 0) is 36.5 Å². The van der Waals surface area contributed by atoms with E-state index in [0.29, 0.717) is 43.4 Å². The van der Waals surface area contributed by atoms with Crippen LogP contribution in [0.2, 0.25) is 0 Å². The molecule has 0 bridgehead atoms. The van der Waals surface area contributed by atoms with Gasteiger partial charge in [0, 0.05) is 0 Å². The average Bonchev–Trinajstić information content (AvgIpc) is 3.52. The van der Waals surface area contributed by atoms with Gasteiger partial charge in [-0.3, -0.25) is 0 Å². The molecule has 5 heteroatoms. The molecular weight excluding hydrogens is 344 g/mol. The molecule has 158 valence electrons. The van der Waals surface area contributed by atoms with Crippen molar-refractivity contribution in [3.05, 3.63) is 0 Å². The molecule has 0 aromatic rings. The molecule has 0 amide bonds. The van der Waals surface area contributed by atoms with Crippen molar-refractivity contribution in [3.63, 3.8) is 0 Å². The van der Waals surface area contributed by atoms with E-state index in [1.54, 1.807) is 0 Å². The molecule has 0 spiro atoms. The fraction of sp³-hybridized carbons (Fsp3) is 1.00. The molecule has 1 aliphatic carbocycles. The predicted molar refractivity (Wildman–Crippen MR) is 105 cm³/mol. The molecule has 2 saturated heterocycles. The van der Waals surface area contributed by atoms with E-state index in [1.807, 2.05) is 0 Å². The largest absolute Gasteiger partial charge is 0.378 e. The summed E-state index contributed by atoms with van der Waals surface area (Å²) in [6.07, 6.45) is 9.70. The second kappa shape index (κ2) is 10.0. The van der Waals surface area contributed by atoms with Gasteiger partial charge in [-0.2, -0.15) is 0 Å². The highest BCUT2D eigenvalue weighted by molar-refractivity contribution is 4.82. The normalized spacial score (nSPS) is 37.4. The van der Waals surface area contributed by atoms with Crippen LogP contribution in [0.15, 0.2) is 0 Å². The van der Waals surface area contributed by atoms with Crippen LogP contribution < -0.4 is 0 Å². The van der Waals surface area contributed by atoms with Gasteiger partial charge in [-0.25, -0.2) is 0 Å². The second-order valence-electron chi connectivity index (χ2n) is 9.60. The lowest BCUT2D eigenvalue weighted by atomic mass is 9.70. The molecule has 3 aliphatic rings. The molecule has 0 N–H and O–H groups in total. The molecule has 3 rings (SSSR count). The third-order valence-electron chi connectivity index (χ3n) is 6.66. The number of epoxide rings is 2. The van der Waals surface area contributed by atoms with Crippen molar-refractivity contribution in [2.75, 3.05) is 46.2 Å². The smallest absolute Gasteiger partial charge is 0.104 e. The maximum Gasteiger partial charge on any atom is 0.104 e. The maximum atomic E-state index is 6.16. The monoisotopic (exact) mass is 384 g/mol. The molecule has 0 aromatic heterocycles. The van der Waals surface area contributed by atoms with E-state index < -0.39 is 0 Å². The molecule has 3 fully saturated rings. The standard InChI is InChI=1S/C22H40O5/c1-4-21(2)7-5-9-22(3,10-6-8-21)17-24-13-18(25-15-20-16-27-20)11-23-12-19-14-26-19/h18-20H,4-17H2,1-3H3. The second-order valence-corrected chi connectivity index (χ2v) is 9.60. The molecule has 2 aliphatic heterocycles. The van der Waals surface area contributed by atoms with E-state index in [4.69, 9.17) is 23.7 Å². The minimum atomic E-state index is -0.0199. The summed E-state index contributed by atoms with van der Waals surface area (Å²) in [5, 5.41) is 0. The highest BCUT2D eigenvalue weighted by Gasteiger charge is 2.32. The van der Waals surface area contributed by atoms with Gasteiger partial charge in [0.2, 0.25) is 0 Å². The van der Waals surface area contributed by atoms with E-state index in [9.17, 15) is 0 Å².